The molecular formula is C13H19NO2S. The minimum Gasteiger partial charge on any atom is -0.480 e. The molecule has 0 aliphatic rings. The second-order valence-corrected chi connectivity index (χ2v) is 5.94. The molecule has 0 fully saturated rings. The fraction of sp³-hybridized carbons (Fsp3) is 0.462. The van der Waals surface area contributed by atoms with Gasteiger partial charge in [-0.25, -0.2) is 0 Å². The number of thiol groups is 1. The smallest absolute Gasteiger partial charge is 0.322 e. The van der Waals surface area contributed by atoms with Gasteiger partial charge in [-0.2, -0.15) is 12.6 Å². The van der Waals surface area contributed by atoms with Gasteiger partial charge in [0.25, 0.3) is 0 Å². The van der Waals surface area contributed by atoms with E-state index in [1.165, 1.54) is 5.56 Å². The van der Waals surface area contributed by atoms with Crippen LogP contribution in [0.3, 0.4) is 0 Å². The second kappa shape index (κ2) is 5.56. The van der Waals surface area contributed by atoms with Gasteiger partial charge in [-0.3, -0.25) is 10.1 Å². The summed E-state index contributed by atoms with van der Waals surface area (Å²) in [6, 6.07) is 7.34. The molecule has 1 rings (SSSR count). The van der Waals surface area contributed by atoms with E-state index >= 15 is 0 Å². The molecule has 0 saturated heterocycles. The number of benzene rings is 1. The molecule has 1 aromatic rings. The minimum absolute atomic E-state index is 0.529. The Hall–Kier alpha value is -1.00. The molecule has 0 heterocycles. The fourth-order valence-corrected chi connectivity index (χ4v) is 1.77. The number of carbonyl (C=O) groups is 1. The predicted molar refractivity (Wildman–Crippen MR) is 72.5 cm³/mol. The van der Waals surface area contributed by atoms with Gasteiger partial charge in [0, 0.05) is 11.3 Å². The summed E-state index contributed by atoms with van der Waals surface area (Å²) < 4.78 is -0.601. The molecule has 0 bridgehead atoms. The van der Waals surface area contributed by atoms with E-state index in [2.05, 4.69) is 17.9 Å². The van der Waals surface area contributed by atoms with Gasteiger partial charge in [0.05, 0.1) is 0 Å². The molecule has 0 saturated carbocycles. The van der Waals surface area contributed by atoms with Gasteiger partial charge in [-0.15, -0.1) is 0 Å². The van der Waals surface area contributed by atoms with Crippen LogP contribution in [0.1, 0.15) is 25.0 Å². The number of carboxylic acid groups (broad SMARTS) is 1. The maximum Gasteiger partial charge on any atom is 0.322 e. The summed E-state index contributed by atoms with van der Waals surface area (Å²) in [7, 11) is 0. The normalized spacial score (nSPS) is 13.4. The van der Waals surface area contributed by atoms with Crippen LogP contribution in [0.15, 0.2) is 24.3 Å². The number of rotatable bonds is 5. The van der Waals surface area contributed by atoms with Gasteiger partial charge in [0.15, 0.2) is 0 Å². The van der Waals surface area contributed by atoms with E-state index in [1.54, 1.807) is 13.8 Å². The minimum atomic E-state index is -0.878. The first kappa shape index (κ1) is 14.1. The van der Waals surface area contributed by atoms with Crippen LogP contribution in [0.25, 0.3) is 0 Å². The highest BCUT2D eigenvalue weighted by molar-refractivity contribution is 7.81. The summed E-state index contributed by atoms with van der Waals surface area (Å²) in [4.78, 5) is 11.1. The van der Waals surface area contributed by atoms with Crippen molar-refractivity contribution in [1.82, 2.24) is 5.32 Å². The Bertz CT molecular complexity index is 381. The standard InChI is InChI=1S/C13H19NO2S/c1-9-4-6-10(7-5-9)8-14-11(12(15)16)13(2,3)17/h4-7,11,14,17H,8H2,1-3H3,(H,15,16)/t11-/m1/s1. The van der Waals surface area contributed by atoms with Crippen LogP contribution in [0.5, 0.6) is 0 Å². The summed E-state index contributed by atoms with van der Waals surface area (Å²) in [6.45, 7) is 6.13. The number of hydrogen-bond donors (Lipinski definition) is 3. The average Bonchev–Trinajstić information content (AvgIpc) is 2.18. The highest BCUT2D eigenvalue weighted by Crippen LogP contribution is 2.18. The number of aliphatic carboxylic acids is 1. The molecule has 3 nitrogen and oxygen atoms in total. The number of hydrogen-bond acceptors (Lipinski definition) is 3. The summed E-state index contributed by atoms with van der Waals surface area (Å²) in [5, 5.41) is 12.1. The number of nitrogens with one attached hydrogen (secondary N) is 1. The highest BCUT2D eigenvalue weighted by Gasteiger charge is 2.31. The van der Waals surface area contributed by atoms with Crippen LogP contribution in [-0.2, 0) is 11.3 Å². The molecule has 0 aliphatic heterocycles. The molecule has 0 aliphatic carbocycles. The molecule has 4 heteroatoms. The van der Waals surface area contributed by atoms with E-state index in [9.17, 15) is 4.79 Å². The molecule has 0 radical (unpaired) electrons. The molecule has 1 aromatic carbocycles. The molecule has 0 spiro atoms. The van der Waals surface area contributed by atoms with Crippen LogP contribution in [0.2, 0.25) is 0 Å². The molecule has 0 aromatic heterocycles. The first-order chi connectivity index (χ1) is 7.80. The second-order valence-electron chi connectivity index (χ2n) is 4.79. The van der Waals surface area contributed by atoms with Crippen LogP contribution >= 0.6 is 12.6 Å². The average molecular weight is 253 g/mol. The van der Waals surface area contributed by atoms with Crippen molar-refractivity contribution in [1.29, 1.82) is 0 Å². The summed E-state index contributed by atoms with van der Waals surface area (Å²) >= 11 is 4.31. The molecule has 1 atom stereocenters. The van der Waals surface area contributed by atoms with Crippen LogP contribution in [0.4, 0.5) is 0 Å². The summed E-state index contributed by atoms with van der Waals surface area (Å²) in [5.41, 5.74) is 2.26. The van der Waals surface area contributed by atoms with Gasteiger partial charge >= 0.3 is 5.97 Å². The third kappa shape index (κ3) is 4.40. The van der Waals surface area contributed by atoms with Crippen LogP contribution < -0.4 is 5.32 Å². The lowest BCUT2D eigenvalue weighted by molar-refractivity contribution is -0.140. The quantitative estimate of drug-likeness (QED) is 0.705. The maximum absolute atomic E-state index is 11.1. The van der Waals surface area contributed by atoms with E-state index in [0.717, 1.165) is 5.56 Å². The lowest BCUT2D eigenvalue weighted by atomic mass is 10.0. The highest BCUT2D eigenvalue weighted by atomic mass is 32.1. The third-order valence-electron chi connectivity index (χ3n) is 2.58. The van der Waals surface area contributed by atoms with E-state index in [0.29, 0.717) is 6.54 Å². The third-order valence-corrected chi connectivity index (χ3v) is 2.84. The Balaban J connectivity index is 2.65. The van der Waals surface area contributed by atoms with Gasteiger partial charge in [-0.1, -0.05) is 29.8 Å². The molecule has 0 amide bonds. The Morgan fingerprint density at radius 2 is 1.94 bits per heavy atom. The largest absolute Gasteiger partial charge is 0.480 e. The van der Waals surface area contributed by atoms with Crippen molar-refractivity contribution in [2.24, 2.45) is 0 Å². The van der Waals surface area contributed by atoms with Crippen molar-refractivity contribution in [3.63, 3.8) is 0 Å². The number of aryl methyl sites for hydroxylation is 1. The monoisotopic (exact) mass is 253 g/mol. The van der Waals surface area contributed by atoms with Crippen LogP contribution in [-0.4, -0.2) is 21.9 Å². The van der Waals surface area contributed by atoms with Gasteiger partial charge < -0.3 is 5.11 Å². The molecule has 94 valence electrons. The van der Waals surface area contributed by atoms with Crippen molar-refractivity contribution in [2.75, 3.05) is 0 Å². The molecule has 2 N–H and O–H groups in total. The van der Waals surface area contributed by atoms with Crippen LogP contribution in [0, 0.1) is 6.92 Å². The molecule has 17 heavy (non-hydrogen) atoms. The fourth-order valence-electron chi connectivity index (χ4n) is 1.57. The van der Waals surface area contributed by atoms with Gasteiger partial charge in [-0.05, 0) is 26.3 Å². The topological polar surface area (TPSA) is 49.3 Å². The Labute approximate surface area is 108 Å². The Morgan fingerprint density at radius 1 is 1.41 bits per heavy atom. The first-order valence-electron chi connectivity index (χ1n) is 5.55. The number of carboxylic acids is 1. The lowest BCUT2D eigenvalue weighted by Crippen LogP contribution is -2.48. The van der Waals surface area contributed by atoms with E-state index in [1.807, 2.05) is 31.2 Å². The maximum atomic E-state index is 11.1. The zero-order valence-electron chi connectivity index (χ0n) is 10.4. The lowest BCUT2D eigenvalue weighted by Gasteiger charge is -2.27. The van der Waals surface area contributed by atoms with Crippen molar-refractivity contribution in [3.8, 4) is 0 Å². The summed E-state index contributed by atoms with van der Waals surface area (Å²) in [5.74, 6) is -0.878. The molecular weight excluding hydrogens is 234 g/mol. The van der Waals surface area contributed by atoms with Crippen molar-refractivity contribution >= 4 is 18.6 Å². The van der Waals surface area contributed by atoms with E-state index in [4.69, 9.17) is 5.11 Å². The summed E-state index contributed by atoms with van der Waals surface area (Å²) in [6.07, 6.45) is 0. The first-order valence-corrected chi connectivity index (χ1v) is 5.99. The van der Waals surface area contributed by atoms with Gasteiger partial charge in [0.1, 0.15) is 6.04 Å². The Morgan fingerprint density at radius 3 is 2.35 bits per heavy atom. The zero-order chi connectivity index (χ0) is 13.1. The Kier molecular flexibility index (Phi) is 4.60. The van der Waals surface area contributed by atoms with Crippen molar-refractivity contribution in [2.45, 2.75) is 38.1 Å². The SMILES string of the molecule is Cc1ccc(CN[C@H](C(=O)O)C(C)(C)S)cc1. The van der Waals surface area contributed by atoms with E-state index < -0.39 is 16.8 Å². The van der Waals surface area contributed by atoms with Gasteiger partial charge in [0.2, 0.25) is 0 Å². The zero-order valence-corrected chi connectivity index (χ0v) is 11.3. The molecule has 0 unspecified atom stereocenters. The van der Waals surface area contributed by atoms with Crippen molar-refractivity contribution < 1.29 is 9.90 Å². The predicted octanol–water partition coefficient (Wildman–Crippen LogP) is 2.25. The van der Waals surface area contributed by atoms with E-state index in [-0.39, 0.29) is 0 Å². The van der Waals surface area contributed by atoms with Crippen molar-refractivity contribution in [3.05, 3.63) is 35.4 Å².